The van der Waals surface area contributed by atoms with Crippen LogP contribution in [0.4, 0.5) is 0 Å². The van der Waals surface area contributed by atoms with Crippen molar-refractivity contribution in [2.24, 2.45) is 22.7 Å². The van der Waals surface area contributed by atoms with Crippen molar-refractivity contribution in [3.63, 3.8) is 0 Å². The molecule has 194 valence electrons. The third kappa shape index (κ3) is 5.88. The van der Waals surface area contributed by atoms with Crippen LogP contribution in [0.1, 0.15) is 77.7 Å². The average Bonchev–Trinajstić information content (AvgIpc) is 2.83. The van der Waals surface area contributed by atoms with Crippen molar-refractivity contribution in [3.05, 3.63) is 35.9 Å². The fourth-order valence-corrected chi connectivity index (χ4v) is 6.00. The summed E-state index contributed by atoms with van der Waals surface area (Å²) in [4.78, 5) is 39.2. The molecule has 0 bridgehead atoms. The van der Waals surface area contributed by atoms with E-state index in [1.54, 1.807) is 14.0 Å². The number of hydrogen-bond donors (Lipinski definition) is 2. The van der Waals surface area contributed by atoms with Gasteiger partial charge in [0, 0.05) is 13.0 Å². The molecule has 0 heterocycles. The molecule has 1 aromatic rings. The summed E-state index contributed by atoms with van der Waals surface area (Å²) in [7, 11) is 1.57. The molecule has 1 amide bonds. The number of carbonyl (C=O) groups is 3. The van der Waals surface area contributed by atoms with E-state index in [0.29, 0.717) is 32.3 Å². The molecule has 0 saturated heterocycles. The van der Waals surface area contributed by atoms with Gasteiger partial charge in [-0.2, -0.15) is 0 Å². The molecule has 0 spiro atoms. The van der Waals surface area contributed by atoms with Crippen LogP contribution in [0.15, 0.2) is 30.3 Å². The molecule has 0 unspecified atom stereocenters. The predicted octanol–water partition coefficient (Wildman–Crippen LogP) is 4.98. The summed E-state index contributed by atoms with van der Waals surface area (Å²) >= 11 is 0. The van der Waals surface area contributed by atoms with E-state index in [-0.39, 0.29) is 17.9 Å². The first kappa shape index (κ1) is 27.2. The Kier molecular flexibility index (Phi) is 8.63. The molecular formula is C28H41NO6. The molecule has 35 heavy (non-hydrogen) atoms. The highest BCUT2D eigenvalue weighted by Gasteiger charge is 2.56. The largest absolute Gasteiger partial charge is 0.481 e. The molecule has 3 rings (SSSR count). The highest BCUT2D eigenvalue weighted by Crippen LogP contribution is 2.54. The van der Waals surface area contributed by atoms with Crippen LogP contribution in [-0.4, -0.2) is 52.2 Å². The topological polar surface area (TPSA) is 104 Å². The van der Waals surface area contributed by atoms with E-state index in [0.717, 1.165) is 31.2 Å². The molecule has 7 heteroatoms. The van der Waals surface area contributed by atoms with Gasteiger partial charge in [0.1, 0.15) is 6.04 Å². The second kappa shape index (κ2) is 11.1. The second-order valence-electron chi connectivity index (χ2n) is 11.3. The fraction of sp³-hybridized carbons (Fsp3) is 0.679. The minimum Gasteiger partial charge on any atom is -0.481 e. The number of nitrogens with zero attached hydrogens (tertiary/aromatic N) is 1. The summed E-state index contributed by atoms with van der Waals surface area (Å²) in [5.74, 6) is -2.46. The van der Waals surface area contributed by atoms with Crippen molar-refractivity contribution >= 4 is 17.8 Å². The van der Waals surface area contributed by atoms with Gasteiger partial charge in [-0.1, -0.05) is 50.6 Å². The van der Waals surface area contributed by atoms with E-state index >= 15 is 0 Å². The van der Waals surface area contributed by atoms with Crippen LogP contribution in [0.25, 0.3) is 0 Å². The van der Waals surface area contributed by atoms with E-state index in [1.807, 2.05) is 44.2 Å². The SMILES string of the molecule is CN(C(=O)[C@H]1CCC[C@@](C)(C(=O)O)C1(C)C)[C@@H](CC1CCC(OCc2ccccc2)CC1)C(=O)O. The van der Waals surface area contributed by atoms with Gasteiger partial charge in [0.2, 0.25) is 5.91 Å². The Bertz CT molecular complexity index is 892. The Morgan fingerprint density at radius 3 is 2.23 bits per heavy atom. The van der Waals surface area contributed by atoms with Crippen LogP contribution in [0.2, 0.25) is 0 Å². The van der Waals surface area contributed by atoms with Crippen LogP contribution in [0.3, 0.4) is 0 Å². The van der Waals surface area contributed by atoms with Crippen LogP contribution in [0, 0.1) is 22.7 Å². The number of carboxylic acid groups (broad SMARTS) is 2. The molecular weight excluding hydrogens is 446 g/mol. The first-order valence-electron chi connectivity index (χ1n) is 12.9. The molecule has 0 aliphatic heterocycles. The smallest absolute Gasteiger partial charge is 0.326 e. The van der Waals surface area contributed by atoms with Crippen LogP contribution >= 0.6 is 0 Å². The molecule has 2 aliphatic carbocycles. The molecule has 0 radical (unpaired) electrons. The van der Waals surface area contributed by atoms with E-state index in [4.69, 9.17) is 4.74 Å². The molecule has 2 aliphatic rings. The van der Waals surface area contributed by atoms with Crippen LogP contribution < -0.4 is 0 Å². The molecule has 7 nitrogen and oxygen atoms in total. The van der Waals surface area contributed by atoms with E-state index < -0.39 is 34.7 Å². The summed E-state index contributed by atoms with van der Waals surface area (Å²) in [5.41, 5.74) is -0.659. The van der Waals surface area contributed by atoms with Crippen molar-refractivity contribution in [1.82, 2.24) is 4.90 Å². The zero-order valence-electron chi connectivity index (χ0n) is 21.5. The Morgan fingerprint density at radius 1 is 1.03 bits per heavy atom. The Hall–Kier alpha value is -2.41. The van der Waals surface area contributed by atoms with Gasteiger partial charge in [0.25, 0.3) is 0 Å². The molecule has 1 aromatic carbocycles. The van der Waals surface area contributed by atoms with Gasteiger partial charge in [-0.05, 0) is 68.8 Å². The fourth-order valence-electron chi connectivity index (χ4n) is 6.00. The molecule has 2 fully saturated rings. The molecule has 3 atom stereocenters. The maximum atomic E-state index is 13.5. The zero-order valence-corrected chi connectivity index (χ0v) is 21.5. The first-order valence-corrected chi connectivity index (χ1v) is 12.9. The highest BCUT2D eigenvalue weighted by molar-refractivity contribution is 5.87. The number of likely N-dealkylation sites (N-methyl/N-ethyl adjacent to an activating group) is 1. The van der Waals surface area contributed by atoms with Gasteiger partial charge < -0.3 is 19.8 Å². The van der Waals surface area contributed by atoms with E-state index in [1.165, 1.54) is 4.90 Å². The van der Waals surface area contributed by atoms with E-state index in [2.05, 4.69) is 0 Å². The monoisotopic (exact) mass is 487 g/mol. The molecule has 0 aromatic heterocycles. The minimum atomic E-state index is -1.02. The summed E-state index contributed by atoms with van der Waals surface area (Å²) in [6.45, 7) is 5.96. The predicted molar refractivity (Wildman–Crippen MR) is 133 cm³/mol. The Labute approximate surface area is 208 Å². The number of hydrogen-bond acceptors (Lipinski definition) is 4. The van der Waals surface area contributed by atoms with E-state index in [9.17, 15) is 24.6 Å². The number of benzene rings is 1. The van der Waals surface area contributed by atoms with Gasteiger partial charge in [-0.25, -0.2) is 4.79 Å². The lowest BCUT2D eigenvalue weighted by molar-refractivity contribution is -0.170. The third-order valence-corrected chi connectivity index (χ3v) is 9.01. The summed E-state index contributed by atoms with van der Waals surface area (Å²) < 4.78 is 6.07. The maximum Gasteiger partial charge on any atom is 0.326 e. The van der Waals surface area contributed by atoms with Gasteiger partial charge in [0.05, 0.1) is 18.1 Å². The number of ether oxygens (including phenoxy) is 1. The van der Waals surface area contributed by atoms with Gasteiger partial charge in [0.15, 0.2) is 0 Å². The lowest BCUT2D eigenvalue weighted by Crippen LogP contribution is -2.56. The number of rotatable bonds is 9. The van der Waals surface area contributed by atoms with Crippen molar-refractivity contribution in [2.75, 3.05) is 7.05 Å². The summed E-state index contributed by atoms with van der Waals surface area (Å²) in [6, 6.07) is 9.15. The lowest BCUT2D eigenvalue weighted by Gasteiger charge is -2.50. The molecule has 2 N–H and O–H groups in total. The van der Waals surface area contributed by atoms with Crippen molar-refractivity contribution in [2.45, 2.75) is 90.9 Å². The zero-order chi connectivity index (χ0) is 25.8. The first-order chi connectivity index (χ1) is 16.5. The summed E-state index contributed by atoms with van der Waals surface area (Å²) in [6.07, 6.45) is 5.83. The number of aliphatic carboxylic acids is 2. The minimum absolute atomic E-state index is 0.172. The Balaban J connectivity index is 1.59. The van der Waals surface area contributed by atoms with Gasteiger partial charge >= 0.3 is 11.9 Å². The Morgan fingerprint density at radius 2 is 1.66 bits per heavy atom. The lowest BCUT2D eigenvalue weighted by atomic mass is 9.53. The standard InChI is InChI=1S/C28H41NO6/c1-27(2)22(11-8-16-28(27,3)26(33)34)24(30)29(4)23(25(31)32)17-19-12-14-21(15-13-19)35-18-20-9-6-5-7-10-20/h5-7,9-10,19,21-23H,8,11-18H2,1-4H3,(H,31,32)(H,33,34)/t19?,21?,22-,23+,28+/m1/s1. The van der Waals surface area contributed by atoms with Crippen molar-refractivity contribution in [1.29, 1.82) is 0 Å². The number of carboxylic acids is 2. The average molecular weight is 488 g/mol. The van der Waals surface area contributed by atoms with Gasteiger partial charge in [-0.15, -0.1) is 0 Å². The number of amides is 1. The van der Waals surface area contributed by atoms with Crippen molar-refractivity contribution < 1.29 is 29.3 Å². The maximum absolute atomic E-state index is 13.5. The second-order valence-corrected chi connectivity index (χ2v) is 11.3. The number of carbonyl (C=O) groups excluding carboxylic acids is 1. The summed E-state index contributed by atoms with van der Waals surface area (Å²) in [5, 5.41) is 19.9. The van der Waals surface area contributed by atoms with Crippen LogP contribution in [0.5, 0.6) is 0 Å². The third-order valence-electron chi connectivity index (χ3n) is 9.01. The normalized spacial score (nSPS) is 29.2. The highest BCUT2D eigenvalue weighted by atomic mass is 16.5. The van der Waals surface area contributed by atoms with Gasteiger partial charge in [-0.3, -0.25) is 9.59 Å². The quantitative estimate of drug-likeness (QED) is 0.509. The van der Waals surface area contributed by atoms with Crippen molar-refractivity contribution in [3.8, 4) is 0 Å². The molecule has 2 saturated carbocycles. The van der Waals surface area contributed by atoms with Crippen LogP contribution in [-0.2, 0) is 25.7 Å².